The normalized spacial score (nSPS) is 17.8. The van der Waals surface area contributed by atoms with Crippen LogP contribution in [-0.2, 0) is 9.53 Å². The lowest BCUT2D eigenvalue weighted by Gasteiger charge is -2.30. The van der Waals surface area contributed by atoms with Gasteiger partial charge in [-0.25, -0.2) is 0 Å². The molecule has 4 heteroatoms. The molecular weight excluding hydrogens is 204 g/mol. The van der Waals surface area contributed by atoms with Crippen LogP contribution >= 0.6 is 0 Å². The van der Waals surface area contributed by atoms with Gasteiger partial charge in [0.2, 0.25) is 0 Å². The third kappa shape index (κ3) is 3.67. The molecule has 1 aliphatic heterocycles. The number of nitriles is 1. The molecule has 1 aliphatic rings. The summed E-state index contributed by atoms with van der Waals surface area (Å²) in [4.78, 5) is 13.6. The fraction of sp³-hybridized carbons (Fsp3) is 0.667. The van der Waals surface area contributed by atoms with Crippen molar-refractivity contribution in [3.05, 3.63) is 12.2 Å². The van der Waals surface area contributed by atoms with Crippen LogP contribution in [0.4, 0.5) is 0 Å². The predicted molar refractivity (Wildman–Crippen MR) is 60.6 cm³/mol. The summed E-state index contributed by atoms with van der Waals surface area (Å²) in [6.45, 7) is 8.22. The Morgan fingerprint density at radius 1 is 1.56 bits per heavy atom. The first-order valence-corrected chi connectivity index (χ1v) is 5.64. The summed E-state index contributed by atoms with van der Waals surface area (Å²) >= 11 is 0. The molecule has 0 aromatic carbocycles. The zero-order valence-corrected chi connectivity index (χ0v) is 9.74. The highest BCUT2D eigenvalue weighted by Crippen LogP contribution is 2.19. The molecule has 1 saturated heterocycles. The van der Waals surface area contributed by atoms with Gasteiger partial charge >= 0.3 is 5.97 Å². The monoisotopic (exact) mass is 222 g/mol. The van der Waals surface area contributed by atoms with Crippen molar-refractivity contribution < 1.29 is 9.53 Å². The Labute approximate surface area is 96.5 Å². The molecule has 16 heavy (non-hydrogen) atoms. The molecule has 0 spiro atoms. The van der Waals surface area contributed by atoms with E-state index in [-0.39, 0.29) is 11.9 Å². The van der Waals surface area contributed by atoms with Crippen molar-refractivity contribution in [2.45, 2.75) is 19.8 Å². The number of esters is 1. The van der Waals surface area contributed by atoms with Gasteiger partial charge in [0.25, 0.3) is 0 Å². The average Bonchev–Trinajstić information content (AvgIpc) is 2.30. The topological polar surface area (TPSA) is 53.3 Å². The van der Waals surface area contributed by atoms with E-state index in [9.17, 15) is 4.79 Å². The lowest BCUT2D eigenvalue weighted by molar-refractivity contribution is -0.149. The first kappa shape index (κ1) is 12.7. The molecule has 4 nitrogen and oxygen atoms in total. The third-order valence-electron chi connectivity index (χ3n) is 2.78. The van der Waals surface area contributed by atoms with Gasteiger partial charge in [0, 0.05) is 12.1 Å². The van der Waals surface area contributed by atoms with Gasteiger partial charge in [0.1, 0.15) is 0 Å². The molecule has 88 valence electrons. The molecule has 0 atom stereocenters. The van der Waals surface area contributed by atoms with Gasteiger partial charge in [-0.3, -0.25) is 9.69 Å². The van der Waals surface area contributed by atoms with Crippen LogP contribution in [0.5, 0.6) is 0 Å². The van der Waals surface area contributed by atoms with Crippen molar-refractivity contribution in [3.8, 4) is 6.07 Å². The van der Waals surface area contributed by atoms with E-state index in [4.69, 9.17) is 10.00 Å². The SMILES string of the molecule is C=C(C#N)CN1CCC(C(=O)OCC)CC1. The second kappa shape index (κ2) is 6.29. The number of rotatable bonds is 4. The van der Waals surface area contributed by atoms with Crippen molar-refractivity contribution in [3.63, 3.8) is 0 Å². The number of hydrogen-bond acceptors (Lipinski definition) is 4. The van der Waals surface area contributed by atoms with Crippen molar-refractivity contribution in [2.75, 3.05) is 26.2 Å². The molecule has 0 aliphatic carbocycles. The minimum atomic E-state index is -0.0822. The highest BCUT2D eigenvalue weighted by molar-refractivity contribution is 5.72. The van der Waals surface area contributed by atoms with E-state index in [2.05, 4.69) is 11.5 Å². The van der Waals surface area contributed by atoms with Crippen LogP contribution in [0.15, 0.2) is 12.2 Å². The Kier molecular flexibility index (Phi) is 5.00. The molecule has 0 amide bonds. The van der Waals surface area contributed by atoms with Crippen LogP contribution in [0.25, 0.3) is 0 Å². The standard InChI is InChI=1S/C12H18N2O2/c1-3-16-12(15)11-4-6-14(7-5-11)9-10(2)8-13/h11H,2-7,9H2,1H3. The summed E-state index contributed by atoms with van der Waals surface area (Å²) < 4.78 is 4.99. The number of carbonyl (C=O) groups is 1. The summed E-state index contributed by atoms with van der Waals surface area (Å²) in [5.74, 6) is -0.0483. The number of carbonyl (C=O) groups excluding carboxylic acids is 1. The molecule has 1 heterocycles. The molecule has 0 N–H and O–H groups in total. The average molecular weight is 222 g/mol. The Morgan fingerprint density at radius 2 is 2.19 bits per heavy atom. The Hall–Kier alpha value is -1.34. The van der Waals surface area contributed by atoms with Crippen LogP contribution in [0.1, 0.15) is 19.8 Å². The molecule has 0 bridgehead atoms. The van der Waals surface area contributed by atoms with Crippen LogP contribution in [0.3, 0.4) is 0 Å². The molecule has 1 rings (SSSR count). The van der Waals surface area contributed by atoms with E-state index in [0.717, 1.165) is 25.9 Å². The second-order valence-corrected chi connectivity index (χ2v) is 4.02. The van der Waals surface area contributed by atoms with Crippen LogP contribution in [0, 0.1) is 17.2 Å². The Morgan fingerprint density at radius 3 is 2.69 bits per heavy atom. The fourth-order valence-electron chi connectivity index (χ4n) is 1.89. The Balaban J connectivity index is 2.31. The van der Waals surface area contributed by atoms with Crippen LogP contribution < -0.4 is 0 Å². The van der Waals surface area contributed by atoms with E-state index in [1.165, 1.54) is 0 Å². The van der Waals surface area contributed by atoms with Crippen molar-refractivity contribution in [1.29, 1.82) is 5.26 Å². The number of nitrogens with zero attached hydrogens (tertiary/aromatic N) is 2. The maximum atomic E-state index is 11.5. The highest BCUT2D eigenvalue weighted by Gasteiger charge is 2.25. The number of ether oxygens (including phenoxy) is 1. The van der Waals surface area contributed by atoms with Gasteiger partial charge < -0.3 is 4.74 Å². The minimum absolute atomic E-state index is 0.0338. The van der Waals surface area contributed by atoms with Gasteiger partial charge in [-0.1, -0.05) is 6.58 Å². The van der Waals surface area contributed by atoms with E-state index < -0.39 is 0 Å². The zero-order chi connectivity index (χ0) is 12.0. The van der Waals surface area contributed by atoms with Gasteiger partial charge in [-0.05, 0) is 32.9 Å². The lowest BCUT2D eigenvalue weighted by atomic mass is 9.97. The molecule has 0 aromatic rings. The van der Waals surface area contributed by atoms with Gasteiger partial charge in [0.05, 0.1) is 18.6 Å². The van der Waals surface area contributed by atoms with Gasteiger partial charge in [0.15, 0.2) is 0 Å². The van der Waals surface area contributed by atoms with Crippen molar-refractivity contribution in [2.24, 2.45) is 5.92 Å². The molecule has 0 unspecified atom stereocenters. The number of piperidine rings is 1. The number of likely N-dealkylation sites (tertiary alicyclic amines) is 1. The van der Waals surface area contributed by atoms with Crippen molar-refractivity contribution in [1.82, 2.24) is 4.90 Å². The predicted octanol–water partition coefficient (Wildman–Crippen LogP) is 1.34. The van der Waals surface area contributed by atoms with E-state index in [1.54, 1.807) is 0 Å². The molecule has 0 saturated carbocycles. The van der Waals surface area contributed by atoms with Crippen molar-refractivity contribution >= 4 is 5.97 Å². The maximum Gasteiger partial charge on any atom is 0.309 e. The smallest absolute Gasteiger partial charge is 0.309 e. The summed E-state index contributed by atoms with van der Waals surface area (Å²) in [7, 11) is 0. The third-order valence-corrected chi connectivity index (χ3v) is 2.78. The molecule has 1 fully saturated rings. The van der Waals surface area contributed by atoms with E-state index >= 15 is 0 Å². The molecule has 0 radical (unpaired) electrons. The van der Waals surface area contributed by atoms with Crippen LogP contribution in [0.2, 0.25) is 0 Å². The summed E-state index contributed by atoms with van der Waals surface area (Å²) in [5, 5.41) is 8.63. The molecular formula is C12H18N2O2. The maximum absolute atomic E-state index is 11.5. The fourth-order valence-corrected chi connectivity index (χ4v) is 1.89. The first-order chi connectivity index (χ1) is 7.67. The summed E-state index contributed by atoms with van der Waals surface area (Å²) in [6, 6.07) is 2.04. The van der Waals surface area contributed by atoms with E-state index in [1.807, 2.05) is 13.0 Å². The quantitative estimate of drug-likeness (QED) is 0.532. The van der Waals surface area contributed by atoms with Crippen LogP contribution in [-0.4, -0.2) is 37.1 Å². The largest absolute Gasteiger partial charge is 0.466 e. The summed E-state index contributed by atoms with van der Waals surface area (Å²) in [6.07, 6.45) is 1.63. The molecule has 0 aromatic heterocycles. The first-order valence-electron chi connectivity index (χ1n) is 5.64. The zero-order valence-electron chi connectivity index (χ0n) is 9.74. The Bertz CT molecular complexity index is 299. The summed E-state index contributed by atoms with van der Waals surface area (Å²) in [5.41, 5.74) is 0.578. The van der Waals surface area contributed by atoms with Gasteiger partial charge in [-0.15, -0.1) is 0 Å². The second-order valence-electron chi connectivity index (χ2n) is 4.02. The van der Waals surface area contributed by atoms with E-state index in [0.29, 0.717) is 18.7 Å². The lowest BCUT2D eigenvalue weighted by Crippen LogP contribution is -2.37. The number of hydrogen-bond donors (Lipinski definition) is 0. The van der Waals surface area contributed by atoms with Gasteiger partial charge in [-0.2, -0.15) is 5.26 Å². The minimum Gasteiger partial charge on any atom is -0.466 e. The highest BCUT2D eigenvalue weighted by atomic mass is 16.5.